The number of halogens is 2. The molecule has 0 aliphatic heterocycles. The van der Waals surface area contributed by atoms with Crippen LogP contribution in [0.5, 0.6) is 0 Å². The number of benzene rings is 2. The Morgan fingerprint density at radius 1 is 0.895 bits per heavy atom. The van der Waals surface area contributed by atoms with E-state index in [9.17, 15) is 5.11 Å². The molecule has 0 bridgehead atoms. The molecule has 0 fully saturated rings. The van der Waals surface area contributed by atoms with E-state index in [-0.39, 0.29) is 6.10 Å². The second-order valence-corrected chi connectivity index (χ2v) is 7.17. The third kappa shape index (κ3) is 5.30. The predicted molar refractivity (Wildman–Crippen MR) is 88.7 cm³/mol. The maximum absolute atomic E-state index is 10.0. The lowest BCUT2D eigenvalue weighted by atomic mass is 10.1. The molecule has 0 amide bonds. The molecular formula is C15H14Br2OS. The van der Waals surface area contributed by atoms with Crippen LogP contribution in [0.2, 0.25) is 0 Å². The zero-order valence-corrected chi connectivity index (χ0v) is 14.2. The summed E-state index contributed by atoms with van der Waals surface area (Å²) in [7, 11) is 0. The monoisotopic (exact) mass is 400 g/mol. The van der Waals surface area contributed by atoms with Gasteiger partial charge in [-0.3, -0.25) is 0 Å². The summed E-state index contributed by atoms with van der Waals surface area (Å²) < 4.78 is 2.14. The highest BCUT2D eigenvalue weighted by Crippen LogP contribution is 2.22. The number of rotatable bonds is 5. The van der Waals surface area contributed by atoms with Gasteiger partial charge in [-0.1, -0.05) is 44.0 Å². The van der Waals surface area contributed by atoms with Crippen LogP contribution in [-0.4, -0.2) is 17.0 Å². The summed E-state index contributed by atoms with van der Waals surface area (Å²) >= 11 is 8.50. The molecule has 0 aliphatic carbocycles. The maximum Gasteiger partial charge on any atom is 0.0674 e. The van der Waals surface area contributed by atoms with Crippen LogP contribution >= 0.6 is 43.6 Å². The van der Waals surface area contributed by atoms with E-state index in [2.05, 4.69) is 44.0 Å². The fourth-order valence-electron chi connectivity index (χ4n) is 1.67. The van der Waals surface area contributed by atoms with E-state index in [1.54, 1.807) is 11.8 Å². The molecule has 0 saturated carbocycles. The Hall–Kier alpha value is -0.290. The quantitative estimate of drug-likeness (QED) is 0.718. The van der Waals surface area contributed by atoms with E-state index < -0.39 is 0 Å². The SMILES string of the molecule is OC(CSc1ccc(Br)cc1)Cc1ccc(Br)cc1. The van der Waals surface area contributed by atoms with Gasteiger partial charge in [-0.25, -0.2) is 0 Å². The Balaban J connectivity index is 1.82. The third-order valence-electron chi connectivity index (χ3n) is 2.64. The normalized spacial score (nSPS) is 12.4. The number of aliphatic hydroxyl groups is 1. The van der Waals surface area contributed by atoms with Crippen LogP contribution < -0.4 is 0 Å². The van der Waals surface area contributed by atoms with Gasteiger partial charge in [0, 0.05) is 19.6 Å². The molecule has 0 spiro atoms. The molecule has 0 aliphatic rings. The minimum Gasteiger partial charge on any atom is -0.392 e. The van der Waals surface area contributed by atoms with E-state index >= 15 is 0 Å². The lowest BCUT2D eigenvalue weighted by molar-refractivity contribution is 0.200. The highest BCUT2D eigenvalue weighted by molar-refractivity contribution is 9.10. The van der Waals surface area contributed by atoms with Crippen molar-refractivity contribution in [1.82, 2.24) is 0 Å². The predicted octanol–water partition coefficient (Wildman–Crippen LogP) is 4.91. The minimum atomic E-state index is -0.324. The number of aliphatic hydroxyl groups excluding tert-OH is 1. The summed E-state index contributed by atoms with van der Waals surface area (Å²) in [5, 5.41) is 10.0. The molecule has 0 saturated heterocycles. The Bertz CT molecular complexity index is 511. The fourth-order valence-corrected chi connectivity index (χ4v) is 3.03. The summed E-state index contributed by atoms with van der Waals surface area (Å²) in [6.45, 7) is 0. The first-order valence-corrected chi connectivity index (χ1v) is 8.51. The van der Waals surface area contributed by atoms with E-state index in [0.29, 0.717) is 12.2 Å². The van der Waals surface area contributed by atoms with Crippen molar-refractivity contribution in [2.75, 3.05) is 5.75 Å². The number of thioether (sulfide) groups is 1. The van der Waals surface area contributed by atoms with Crippen molar-refractivity contribution < 1.29 is 5.11 Å². The summed E-state index contributed by atoms with van der Waals surface area (Å²) in [6.07, 6.45) is 0.367. The van der Waals surface area contributed by atoms with Crippen molar-refractivity contribution in [3.05, 3.63) is 63.0 Å². The highest BCUT2D eigenvalue weighted by atomic mass is 79.9. The average Bonchev–Trinajstić information content (AvgIpc) is 2.41. The Kier molecular flexibility index (Phi) is 5.95. The van der Waals surface area contributed by atoms with Crippen LogP contribution in [0.25, 0.3) is 0 Å². The zero-order chi connectivity index (χ0) is 13.7. The molecule has 0 radical (unpaired) electrons. The number of hydrogen-bond acceptors (Lipinski definition) is 2. The van der Waals surface area contributed by atoms with Gasteiger partial charge in [0.2, 0.25) is 0 Å². The summed E-state index contributed by atoms with van der Waals surface area (Å²) in [6, 6.07) is 16.2. The van der Waals surface area contributed by atoms with Gasteiger partial charge in [-0.2, -0.15) is 0 Å². The van der Waals surface area contributed by atoms with Crippen molar-refractivity contribution in [2.24, 2.45) is 0 Å². The molecule has 0 aromatic heterocycles. The fraction of sp³-hybridized carbons (Fsp3) is 0.200. The molecule has 19 heavy (non-hydrogen) atoms. The van der Waals surface area contributed by atoms with Crippen LogP contribution in [0.3, 0.4) is 0 Å². The maximum atomic E-state index is 10.0. The number of hydrogen-bond donors (Lipinski definition) is 1. The molecule has 1 N–H and O–H groups in total. The van der Waals surface area contributed by atoms with Crippen LogP contribution in [-0.2, 0) is 6.42 Å². The topological polar surface area (TPSA) is 20.2 Å². The van der Waals surface area contributed by atoms with Crippen LogP contribution in [0, 0.1) is 0 Å². The van der Waals surface area contributed by atoms with Crippen LogP contribution in [0.1, 0.15) is 5.56 Å². The van der Waals surface area contributed by atoms with E-state index in [1.807, 2.05) is 36.4 Å². The smallest absolute Gasteiger partial charge is 0.0674 e. The second-order valence-electron chi connectivity index (χ2n) is 4.25. The van der Waals surface area contributed by atoms with Crippen molar-refractivity contribution >= 4 is 43.6 Å². The van der Waals surface area contributed by atoms with E-state index in [0.717, 1.165) is 14.5 Å². The lowest BCUT2D eigenvalue weighted by Gasteiger charge is -2.10. The minimum absolute atomic E-state index is 0.324. The first-order chi connectivity index (χ1) is 9.13. The Morgan fingerprint density at radius 3 is 2.00 bits per heavy atom. The Morgan fingerprint density at radius 2 is 1.42 bits per heavy atom. The molecule has 1 atom stereocenters. The van der Waals surface area contributed by atoms with Gasteiger partial charge < -0.3 is 5.11 Å². The van der Waals surface area contributed by atoms with Gasteiger partial charge in [-0.15, -0.1) is 11.8 Å². The molecular weight excluding hydrogens is 388 g/mol. The average molecular weight is 402 g/mol. The second kappa shape index (κ2) is 7.48. The third-order valence-corrected chi connectivity index (χ3v) is 4.85. The van der Waals surface area contributed by atoms with Crippen LogP contribution in [0.4, 0.5) is 0 Å². The molecule has 1 nitrogen and oxygen atoms in total. The van der Waals surface area contributed by atoms with Gasteiger partial charge in [0.15, 0.2) is 0 Å². The lowest BCUT2D eigenvalue weighted by Crippen LogP contribution is -2.13. The van der Waals surface area contributed by atoms with Crippen molar-refractivity contribution in [3.63, 3.8) is 0 Å². The van der Waals surface area contributed by atoms with E-state index in [4.69, 9.17) is 0 Å². The van der Waals surface area contributed by atoms with Gasteiger partial charge in [0.25, 0.3) is 0 Å². The molecule has 2 rings (SSSR count). The molecule has 100 valence electrons. The molecule has 4 heteroatoms. The first-order valence-electron chi connectivity index (χ1n) is 5.94. The van der Waals surface area contributed by atoms with Crippen molar-refractivity contribution in [1.29, 1.82) is 0 Å². The molecule has 2 aromatic rings. The van der Waals surface area contributed by atoms with Gasteiger partial charge >= 0.3 is 0 Å². The summed E-state index contributed by atoms with van der Waals surface area (Å²) in [5.74, 6) is 0.706. The zero-order valence-electron chi connectivity index (χ0n) is 10.2. The largest absolute Gasteiger partial charge is 0.392 e. The summed E-state index contributed by atoms with van der Waals surface area (Å²) in [4.78, 5) is 1.18. The first kappa shape index (κ1) is 15.1. The van der Waals surface area contributed by atoms with Gasteiger partial charge in [0.05, 0.1) is 6.10 Å². The van der Waals surface area contributed by atoms with Crippen LogP contribution in [0.15, 0.2) is 62.4 Å². The summed E-state index contributed by atoms with van der Waals surface area (Å²) in [5.41, 5.74) is 1.16. The highest BCUT2D eigenvalue weighted by Gasteiger charge is 2.06. The molecule has 0 heterocycles. The van der Waals surface area contributed by atoms with E-state index in [1.165, 1.54) is 4.90 Å². The van der Waals surface area contributed by atoms with Gasteiger partial charge in [0.1, 0.15) is 0 Å². The molecule has 2 aromatic carbocycles. The molecule has 1 unspecified atom stereocenters. The van der Waals surface area contributed by atoms with Crippen molar-refractivity contribution in [2.45, 2.75) is 17.4 Å². The van der Waals surface area contributed by atoms with Gasteiger partial charge in [-0.05, 0) is 48.4 Å². The standard InChI is InChI=1S/C15H14Br2OS/c16-12-3-1-11(2-4-12)9-14(18)10-19-15-7-5-13(17)6-8-15/h1-8,14,18H,9-10H2. The van der Waals surface area contributed by atoms with Crippen molar-refractivity contribution in [3.8, 4) is 0 Å². The Labute approximate surface area is 134 Å².